The van der Waals surface area contributed by atoms with Gasteiger partial charge in [-0.05, 0) is 50.3 Å². The molecule has 4 nitrogen and oxygen atoms in total. The van der Waals surface area contributed by atoms with Crippen molar-refractivity contribution in [2.45, 2.75) is 70.5 Å². The highest BCUT2D eigenvalue weighted by Gasteiger charge is 2.29. The van der Waals surface area contributed by atoms with Gasteiger partial charge in [0.05, 0.1) is 6.10 Å². The molecule has 1 aromatic rings. The van der Waals surface area contributed by atoms with Crippen LogP contribution in [0.5, 0.6) is 0 Å². The zero-order chi connectivity index (χ0) is 16.2. The molecule has 3 rings (SSSR count). The summed E-state index contributed by atoms with van der Waals surface area (Å²) >= 11 is 0. The van der Waals surface area contributed by atoms with E-state index in [1.807, 2.05) is 30.0 Å². The zero-order valence-corrected chi connectivity index (χ0v) is 14.1. The molecule has 1 aliphatic carbocycles. The van der Waals surface area contributed by atoms with Crippen LogP contribution in [0.4, 0.5) is 11.4 Å². The summed E-state index contributed by atoms with van der Waals surface area (Å²) in [6.45, 7) is 2.65. The molecule has 0 aromatic heterocycles. The van der Waals surface area contributed by atoms with Gasteiger partial charge in [0.25, 0.3) is 5.91 Å². The minimum Gasteiger partial charge on any atom is -0.398 e. The predicted octanol–water partition coefficient (Wildman–Crippen LogP) is 3.68. The normalized spacial score (nSPS) is 20.7. The van der Waals surface area contributed by atoms with Crippen molar-refractivity contribution in [2.24, 2.45) is 0 Å². The summed E-state index contributed by atoms with van der Waals surface area (Å²) in [4.78, 5) is 14.8. The average Bonchev–Trinajstić information content (AvgIpc) is 2.83. The number of rotatable bonds is 3. The number of hydrogen-bond donors (Lipinski definition) is 1. The lowest BCUT2D eigenvalue weighted by Crippen LogP contribution is -2.43. The number of amides is 1. The molecule has 1 aliphatic heterocycles. The molecule has 2 aliphatic rings. The quantitative estimate of drug-likeness (QED) is 0.683. The fourth-order valence-electron chi connectivity index (χ4n) is 3.82. The number of ether oxygens (including phenoxy) is 1. The molecule has 1 aromatic carbocycles. The van der Waals surface area contributed by atoms with Crippen LogP contribution in [0, 0.1) is 0 Å². The van der Waals surface area contributed by atoms with Gasteiger partial charge in [-0.3, -0.25) is 4.79 Å². The summed E-state index contributed by atoms with van der Waals surface area (Å²) in [7, 11) is 0. The van der Waals surface area contributed by atoms with Gasteiger partial charge < -0.3 is 15.4 Å². The van der Waals surface area contributed by atoms with E-state index in [9.17, 15) is 4.79 Å². The van der Waals surface area contributed by atoms with E-state index in [1.165, 1.54) is 25.7 Å². The van der Waals surface area contributed by atoms with Crippen molar-refractivity contribution >= 4 is 17.3 Å². The first kappa shape index (κ1) is 16.3. The third-order valence-electron chi connectivity index (χ3n) is 5.10. The second kappa shape index (κ2) is 7.35. The fourth-order valence-corrected chi connectivity index (χ4v) is 3.82. The molecule has 1 atom stereocenters. The zero-order valence-electron chi connectivity index (χ0n) is 14.1. The number of benzene rings is 1. The van der Waals surface area contributed by atoms with Crippen molar-refractivity contribution in [3.63, 3.8) is 0 Å². The average molecular weight is 316 g/mol. The number of carbonyl (C=O) groups is 1. The van der Waals surface area contributed by atoms with E-state index in [0.717, 1.165) is 49.2 Å². The Morgan fingerprint density at radius 2 is 1.96 bits per heavy atom. The van der Waals surface area contributed by atoms with E-state index < -0.39 is 0 Å². The van der Waals surface area contributed by atoms with E-state index in [2.05, 4.69) is 0 Å². The molecular formula is C19H28N2O2. The first-order chi connectivity index (χ1) is 11.2. The van der Waals surface area contributed by atoms with Crippen molar-refractivity contribution in [2.75, 3.05) is 17.2 Å². The molecule has 0 saturated heterocycles. The molecule has 0 spiro atoms. The monoisotopic (exact) mass is 316 g/mol. The van der Waals surface area contributed by atoms with Crippen molar-refractivity contribution < 1.29 is 9.53 Å². The van der Waals surface area contributed by atoms with Crippen molar-refractivity contribution in [1.29, 1.82) is 0 Å². The molecular weight excluding hydrogens is 288 g/mol. The van der Waals surface area contributed by atoms with Crippen LogP contribution in [-0.4, -0.2) is 24.7 Å². The largest absolute Gasteiger partial charge is 0.398 e. The topological polar surface area (TPSA) is 55.6 Å². The number of anilines is 2. The number of hydrogen-bond acceptors (Lipinski definition) is 3. The second-order valence-corrected chi connectivity index (χ2v) is 6.83. The summed E-state index contributed by atoms with van der Waals surface area (Å²) in [6, 6.07) is 5.84. The van der Waals surface area contributed by atoms with Crippen LogP contribution in [0.15, 0.2) is 18.2 Å². The molecule has 1 amide bonds. The predicted molar refractivity (Wildman–Crippen MR) is 93.6 cm³/mol. The SMILES string of the molecule is CC(OC1CCCCCC1)C(=O)N1CCCc2c(N)cccc21. The molecule has 4 heteroatoms. The highest BCUT2D eigenvalue weighted by molar-refractivity contribution is 5.98. The van der Waals surface area contributed by atoms with Crippen LogP contribution in [0.1, 0.15) is 57.4 Å². The summed E-state index contributed by atoms with van der Waals surface area (Å²) in [6.07, 6.45) is 8.95. The van der Waals surface area contributed by atoms with Gasteiger partial charge in [-0.2, -0.15) is 0 Å². The molecule has 23 heavy (non-hydrogen) atoms. The standard InChI is InChI=1S/C19H28N2O2/c1-14(23-15-8-4-2-3-5-9-15)19(22)21-13-7-10-16-17(20)11-6-12-18(16)21/h6,11-12,14-15H,2-5,7-10,13,20H2,1H3. The van der Waals surface area contributed by atoms with E-state index >= 15 is 0 Å². The molecule has 2 N–H and O–H groups in total. The Balaban J connectivity index is 1.69. The lowest BCUT2D eigenvalue weighted by Gasteiger charge is -2.33. The highest BCUT2D eigenvalue weighted by atomic mass is 16.5. The molecule has 1 fully saturated rings. The van der Waals surface area contributed by atoms with E-state index in [1.54, 1.807) is 0 Å². The third kappa shape index (κ3) is 3.69. The Morgan fingerprint density at radius 3 is 2.70 bits per heavy atom. The number of carbonyl (C=O) groups excluding carboxylic acids is 1. The molecule has 0 bridgehead atoms. The van der Waals surface area contributed by atoms with Crippen molar-refractivity contribution in [3.05, 3.63) is 23.8 Å². The van der Waals surface area contributed by atoms with Crippen molar-refractivity contribution in [3.8, 4) is 0 Å². The number of nitrogens with two attached hydrogens (primary N) is 1. The van der Waals surface area contributed by atoms with Crippen LogP contribution < -0.4 is 10.6 Å². The van der Waals surface area contributed by atoms with Gasteiger partial charge in [0.2, 0.25) is 0 Å². The Morgan fingerprint density at radius 1 is 1.22 bits per heavy atom. The molecule has 1 unspecified atom stereocenters. The first-order valence-corrected chi connectivity index (χ1v) is 9.01. The number of nitrogens with zero attached hydrogens (tertiary/aromatic N) is 1. The Hall–Kier alpha value is -1.55. The van der Waals surface area contributed by atoms with Gasteiger partial charge in [0, 0.05) is 17.9 Å². The molecule has 1 saturated carbocycles. The van der Waals surface area contributed by atoms with Gasteiger partial charge in [0.1, 0.15) is 6.10 Å². The fraction of sp³-hybridized carbons (Fsp3) is 0.632. The van der Waals surface area contributed by atoms with Crippen LogP contribution in [0.3, 0.4) is 0 Å². The van der Waals surface area contributed by atoms with Gasteiger partial charge in [0.15, 0.2) is 0 Å². The summed E-state index contributed by atoms with van der Waals surface area (Å²) in [5.74, 6) is 0.0702. The van der Waals surface area contributed by atoms with Gasteiger partial charge in [-0.1, -0.05) is 31.7 Å². The minimum absolute atomic E-state index is 0.0702. The van der Waals surface area contributed by atoms with Crippen LogP contribution >= 0.6 is 0 Å². The summed E-state index contributed by atoms with van der Waals surface area (Å²) < 4.78 is 6.11. The molecule has 1 heterocycles. The lowest BCUT2D eigenvalue weighted by atomic mass is 9.99. The number of nitrogen functional groups attached to an aromatic ring is 1. The first-order valence-electron chi connectivity index (χ1n) is 9.01. The van der Waals surface area contributed by atoms with Gasteiger partial charge in [-0.15, -0.1) is 0 Å². The second-order valence-electron chi connectivity index (χ2n) is 6.83. The maximum Gasteiger partial charge on any atom is 0.255 e. The van der Waals surface area contributed by atoms with Gasteiger partial charge in [-0.25, -0.2) is 0 Å². The van der Waals surface area contributed by atoms with Crippen LogP contribution in [-0.2, 0) is 16.0 Å². The third-order valence-corrected chi connectivity index (χ3v) is 5.10. The number of fused-ring (bicyclic) bond motifs is 1. The highest BCUT2D eigenvalue weighted by Crippen LogP contribution is 2.32. The van der Waals surface area contributed by atoms with Crippen molar-refractivity contribution in [1.82, 2.24) is 0 Å². The lowest BCUT2D eigenvalue weighted by molar-refractivity contribution is -0.133. The maximum atomic E-state index is 12.9. The molecule has 126 valence electrons. The van der Waals surface area contributed by atoms with Gasteiger partial charge >= 0.3 is 0 Å². The minimum atomic E-state index is -0.384. The summed E-state index contributed by atoms with van der Waals surface area (Å²) in [5.41, 5.74) is 8.94. The van der Waals surface area contributed by atoms with E-state index in [4.69, 9.17) is 10.5 Å². The molecule has 0 radical (unpaired) electrons. The maximum absolute atomic E-state index is 12.9. The smallest absolute Gasteiger partial charge is 0.255 e. The van der Waals surface area contributed by atoms with Crippen LogP contribution in [0.2, 0.25) is 0 Å². The Labute approximate surface area is 139 Å². The van der Waals surface area contributed by atoms with Crippen LogP contribution in [0.25, 0.3) is 0 Å². The Bertz CT molecular complexity index is 550. The van der Waals surface area contributed by atoms with E-state index in [-0.39, 0.29) is 18.1 Å². The summed E-state index contributed by atoms with van der Waals surface area (Å²) in [5, 5.41) is 0. The Kier molecular flexibility index (Phi) is 5.21. The van der Waals surface area contributed by atoms with E-state index in [0.29, 0.717) is 0 Å².